The lowest BCUT2D eigenvalue weighted by atomic mass is 10.0. The first kappa shape index (κ1) is 25.8. The van der Waals surface area contributed by atoms with Crippen LogP contribution in [0.5, 0.6) is 0 Å². The largest absolute Gasteiger partial charge is 0.467 e. The molecule has 0 unspecified atom stereocenters. The third kappa shape index (κ3) is 5.82. The Morgan fingerprint density at radius 3 is 2.58 bits per heavy atom. The van der Waals surface area contributed by atoms with Crippen molar-refractivity contribution in [3.05, 3.63) is 86.5 Å². The summed E-state index contributed by atoms with van der Waals surface area (Å²) in [5.41, 5.74) is 1.27. The van der Waals surface area contributed by atoms with Gasteiger partial charge >= 0.3 is 0 Å². The smallest absolute Gasteiger partial charge is 0.269 e. The predicted octanol–water partition coefficient (Wildman–Crippen LogP) is 3.40. The van der Waals surface area contributed by atoms with Crippen molar-refractivity contribution in [1.82, 2.24) is 14.8 Å². The lowest BCUT2D eigenvalue weighted by Gasteiger charge is -2.30. The van der Waals surface area contributed by atoms with Gasteiger partial charge in [0.25, 0.3) is 17.5 Å². The van der Waals surface area contributed by atoms with Crippen molar-refractivity contribution < 1.29 is 23.7 Å². The van der Waals surface area contributed by atoms with Gasteiger partial charge in [-0.25, -0.2) is 5.01 Å². The van der Waals surface area contributed by atoms with Gasteiger partial charge in [0, 0.05) is 44.7 Å². The third-order valence-electron chi connectivity index (χ3n) is 6.58. The number of hydrogen-bond donors (Lipinski definition) is 0. The first-order valence-corrected chi connectivity index (χ1v) is 13.2. The number of non-ortho nitro benzene ring substituents is 1. The van der Waals surface area contributed by atoms with Crippen molar-refractivity contribution in [2.75, 3.05) is 45.9 Å². The number of nitro groups is 1. The van der Waals surface area contributed by atoms with E-state index in [0.717, 1.165) is 13.1 Å². The van der Waals surface area contributed by atoms with Gasteiger partial charge in [-0.15, -0.1) is 11.3 Å². The molecule has 11 nitrogen and oxygen atoms in total. The van der Waals surface area contributed by atoms with Gasteiger partial charge in [0.2, 0.25) is 0 Å². The Morgan fingerprint density at radius 1 is 1.13 bits per heavy atom. The number of benzene rings is 1. The Bertz CT molecular complexity index is 1290. The van der Waals surface area contributed by atoms with Crippen molar-refractivity contribution >= 4 is 34.6 Å². The fourth-order valence-corrected chi connectivity index (χ4v) is 5.21. The molecule has 1 saturated heterocycles. The summed E-state index contributed by atoms with van der Waals surface area (Å²) in [4.78, 5) is 41.9. The van der Waals surface area contributed by atoms with E-state index in [2.05, 4.69) is 10.0 Å². The summed E-state index contributed by atoms with van der Waals surface area (Å²) in [5.74, 6) is 0.0357. The predicted molar refractivity (Wildman–Crippen MR) is 140 cm³/mol. The zero-order chi connectivity index (χ0) is 26.5. The number of nitrogens with zero attached hydrogens (tertiary/aromatic N) is 5. The lowest BCUT2D eigenvalue weighted by molar-refractivity contribution is -0.384. The second-order valence-electron chi connectivity index (χ2n) is 8.98. The Balaban J connectivity index is 1.37. The maximum absolute atomic E-state index is 13.7. The average Bonchev–Trinajstić information content (AvgIpc) is 3.73. The highest BCUT2D eigenvalue weighted by molar-refractivity contribution is 7.12. The first-order valence-electron chi connectivity index (χ1n) is 12.3. The van der Waals surface area contributed by atoms with Crippen LogP contribution in [0.4, 0.5) is 5.69 Å². The molecule has 198 valence electrons. The van der Waals surface area contributed by atoms with Gasteiger partial charge in [-0.2, -0.15) is 5.10 Å². The van der Waals surface area contributed by atoms with Crippen LogP contribution in [-0.2, 0) is 9.53 Å². The molecule has 4 heterocycles. The van der Waals surface area contributed by atoms with Crippen LogP contribution in [0.2, 0.25) is 0 Å². The Labute approximate surface area is 223 Å². The molecule has 1 fully saturated rings. The average molecular weight is 538 g/mol. The Kier molecular flexibility index (Phi) is 7.91. The minimum absolute atomic E-state index is 0.0223. The highest BCUT2D eigenvalue weighted by atomic mass is 32.1. The van der Waals surface area contributed by atoms with Crippen molar-refractivity contribution in [2.45, 2.75) is 12.5 Å². The molecule has 1 atom stereocenters. The van der Waals surface area contributed by atoms with Crippen LogP contribution in [-0.4, -0.2) is 83.2 Å². The van der Waals surface area contributed by atoms with Crippen molar-refractivity contribution in [1.29, 1.82) is 0 Å². The maximum Gasteiger partial charge on any atom is 0.269 e. The van der Waals surface area contributed by atoms with Crippen molar-refractivity contribution in [3.8, 4) is 0 Å². The molecule has 5 rings (SSSR count). The fraction of sp³-hybridized carbons (Fsp3) is 0.346. The SMILES string of the molecule is O=C(c1cccs1)N(CCN1CCOCC1)CC(=O)N1N=C(c2ccc([N+](=O)[O-])cc2)C[C@H]1c1ccco1. The summed E-state index contributed by atoms with van der Waals surface area (Å²) in [6.07, 6.45) is 1.92. The van der Waals surface area contributed by atoms with Crippen LogP contribution < -0.4 is 0 Å². The van der Waals surface area contributed by atoms with E-state index < -0.39 is 11.0 Å². The molecule has 0 saturated carbocycles. The minimum atomic E-state index is -0.486. The molecular formula is C26H27N5O6S. The highest BCUT2D eigenvalue weighted by Crippen LogP contribution is 2.33. The summed E-state index contributed by atoms with van der Waals surface area (Å²) < 4.78 is 11.0. The maximum atomic E-state index is 13.7. The molecule has 0 radical (unpaired) electrons. The summed E-state index contributed by atoms with van der Waals surface area (Å²) >= 11 is 1.34. The van der Waals surface area contributed by atoms with E-state index in [9.17, 15) is 19.7 Å². The molecule has 0 spiro atoms. The summed E-state index contributed by atoms with van der Waals surface area (Å²) in [6, 6.07) is 12.7. The molecular weight excluding hydrogens is 510 g/mol. The molecule has 2 aromatic heterocycles. The quantitative estimate of drug-likeness (QED) is 0.303. The number of rotatable bonds is 9. The zero-order valence-electron chi connectivity index (χ0n) is 20.6. The van der Waals surface area contributed by atoms with Gasteiger partial charge in [0.1, 0.15) is 18.3 Å². The topological polar surface area (TPSA) is 122 Å². The highest BCUT2D eigenvalue weighted by Gasteiger charge is 2.36. The number of nitro benzene ring substituents is 1. The Hall–Kier alpha value is -3.87. The standard InChI is InChI=1S/C26H27N5O6S/c32-25(18-29(26(33)24-4-2-16-38-24)10-9-28-11-14-36-15-12-28)30-22(23-3-1-13-37-23)17-21(27-30)19-5-7-20(8-6-19)31(34)35/h1-8,13,16,22H,9-12,14-15,17-18H2/t22-/m0/s1. The number of carbonyl (C=O) groups is 2. The third-order valence-corrected chi connectivity index (χ3v) is 7.44. The monoisotopic (exact) mass is 537 g/mol. The molecule has 2 amide bonds. The minimum Gasteiger partial charge on any atom is -0.467 e. The molecule has 3 aromatic rings. The molecule has 2 aliphatic heterocycles. The molecule has 0 aliphatic carbocycles. The normalized spacial score (nSPS) is 17.8. The summed E-state index contributed by atoms with van der Waals surface area (Å²) in [5, 5.41) is 18.9. The van der Waals surface area contributed by atoms with E-state index in [4.69, 9.17) is 9.15 Å². The number of ether oxygens (including phenoxy) is 1. The van der Waals surface area contributed by atoms with Gasteiger partial charge in [-0.05, 0) is 41.3 Å². The van der Waals surface area contributed by atoms with Crippen molar-refractivity contribution in [2.24, 2.45) is 5.10 Å². The number of hydrazone groups is 1. The molecule has 2 aliphatic rings. The summed E-state index contributed by atoms with van der Waals surface area (Å²) in [7, 11) is 0. The van der Waals surface area contributed by atoms with Crippen LogP contribution in [0.25, 0.3) is 0 Å². The molecule has 38 heavy (non-hydrogen) atoms. The van der Waals surface area contributed by atoms with E-state index in [-0.39, 0.29) is 24.0 Å². The Morgan fingerprint density at radius 2 is 1.92 bits per heavy atom. The number of amides is 2. The second-order valence-corrected chi connectivity index (χ2v) is 9.93. The molecule has 1 aromatic carbocycles. The summed E-state index contributed by atoms with van der Waals surface area (Å²) in [6.45, 7) is 3.74. The van der Waals surface area contributed by atoms with E-state index >= 15 is 0 Å². The lowest BCUT2D eigenvalue weighted by Crippen LogP contribution is -2.46. The number of furan rings is 1. The van der Waals surface area contributed by atoms with Crippen LogP contribution in [0.1, 0.15) is 33.5 Å². The zero-order valence-corrected chi connectivity index (χ0v) is 21.4. The number of thiophene rings is 1. The van der Waals surface area contributed by atoms with E-state index in [1.165, 1.54) is 34.7 Å². The van der Waals surface area contributed by atoms with Gasteiger partial charge in [-0.3, -0.25) is 24.6 Å². The van der Waals surface area contributed by atoms with E-state index in [1.807, 2.05) is 11.4 Å². The van der Waals surface area contributed by atoms with Crippen LogP contribution in [0, 0.1) is 10.1 Å². The fourth-order valence-electron chi connectivity index (χ4n) is 4.52. The van der Waals surface area contributed by atoms with Gasteiger partial charge < -0.3 is 14.1 Å². The van der Waals surface area contributed by atoms with Crippen LogP contribution in [0.15, 0.2) is 69.7 Å². The second kappa shape index (κ2) is 11.7. The van der Waals surface area contributed by atoms with Gasteiger partial charge in [0.15, 0.2) is 0 Å². The van der Waals surface area contributed by atoms with Crippen LogP contribution >= 0.6 is 11.3 Å². The number of morpholine rings is 1. The molecule has 12 heteroatoms. The number of carbonyl (C=O) groups excluding carboxylic acids is 2. The van der Waals surface area contributed by atoms with E-state index in [0.29, 0.717) is 54.6 Å². The molecule has 0 N–H and O–H groups in total. The number of hydrogen-bond acceptors (Lipinski definition) is 9. The van der Waals surface area contributed by atoms with Crippen LogP contribution in [0.3, 0.4) is 0 Å². The first-order chi connectivity index (χ1) is 18.5. The molecule has 0 bridgehead atoms. The van der Waals surface area contributed by atoms with Gasteiger partial charge in [-0.1, -0.05) is 6.07 Å². The van der Waals surface area contributed by atoms with Gasteiger partial charge in [0.05, 0.1) is 35.0 Å². The van der Waals surface area contributed by atoms with E-state index in [1.54, 1.807) is 35.2 Å². The van der Waals surface area contributed by atoms with Crippen molar-refractivity contribution in [3.63, 3.8) is 0 Å².